The van der Waals surface area contributed by atoms with E-state index in [4.69, 9.17) is 0 Å². The second-order valence-electron chi connectivity index (χ2n) is 5.82. The lowest BCUT2D eigenvalue weighted by molar-refractivity contribution is 0.227. The Kier molecular flexibility index (Phi) is 4.46. The highest BCUT2D eigenvalue weighted by molar-refractivity contribution is 7.99. The first-order valence-electron chi connectivity index (χ1n) is 7.43. The maximum atomic E-state index is 3.93. The minimum absolute atomic E-state index is 0.553. The van der Waals surface area contributed by atoms with Crippen LogP contribution in [-0.4, -0.2) is 42.6 Å². The van der Waals surface area contributed by atoms with Gasteiger partial charge in [-0.3, -0.25) is 0 Å². The zero-order valence-corrected chi connectivity index (χ0v) is 12.6. The van der Waals surface area contributed by atoms with Crippen LogP contribution in [0, 0.1) is 0 Å². The fraction of sp³-hybridized carbons (Fsp3) is 0.625. The molecule has 3 rings (SSSR count). The van der Waals surface area contributed by atoms with Crippen LogP contribution in [0.1, 0.15) is 30.0 Å². The van der Waals surface area contributed by atoms with Crippen LogP contribution in [0.2, 0.25) is 0 Å². The van der Waals surface area contributed by atoms with Crippen molar-refractivity contribution in [2.24, 2.45) is 0 Å². The monoisotopic (exact) mass is 276 g/mol. The summed E-state index contributed by atoms with van der Waals surface area (Å²) in [6.45, 7) is 2.47. The summed E-state index contributed by atoms with van der Waals surface area (Å²) in [5.41, 5.74) is 3.10. The van der Waals surface area contributed by atoms with Crippen molar-refractivity contribution < 1.29 is 0 Å². The number of nitrogens with one attached hydrogen (secondary N) is 1. The third-order valence-electron chi connectivity index (χ3n) is 4.39. The third kappa shape index (κ3) is 3.33. The van der Waals surface area contributed by atoms with E-state index in [1.165, 1.54) is 43.9 Å². The van der Waals surface area contributed by atoms with Gasteiger partial charge in [-0.15, -0.1) is 0 Å². The summed E-state index contributed by atoms with van der Waals surface area (Å²) in [4.78, 5) is 2.44. The molecule has 2 nitrogen and oxygen atoms in total. The Balaban J connectivity index is 1.70. The van der Waals surface area contributed by atoms with Gasteiger partial charge in [0.15, 0.2) is 0 Å². The average molecular weight is 276 g/mol. The van der Waals surface area contributed by atoms with Crippen molar-refractivity contribution in [3.63, 3.8) is 0 Å². The number of thioether (sulfide) groups is 1. The lowest BCUT2D eigenvalue weighted by Gasteiger charge is -2.32. The quantitative estimate of drug-likeness (QED) is 0.894. The van der Waals surface area contributed by atoms with Crippen LogP contribution >= 0.6 is 11.8 Å². The smallest absolute Gasteiger partial charge is 0.0416 e. The predicted octanol–water partition coefficient (Wildman–Crippen LogP) is 2.70. The second kappa shape index (κ2) is 6.29. The molecule has 3 heteroatoms. The molecule has 19 heavy (non-hydrogen) atoms. The molecule has 0 saturated carbocycles. The Hall–Kier alpha value is -0.510. The highest BCUT2D eigenvalue weighted by Gasteiger charge is 2.23. The van der Waals surface area contributed by atoms with Crippen LogP contribution in [0.15, 0.2) is 24.3 Å². The number of nitrogens with zero attached hydrogens (tertiary/aromatic N) is 1. The van der Waals surface area contributed by atoms with Gasteiger partial charge in [0.2, 0.25) is 0 Å². The Bertz CT molecular complexity index is 413. The molecule has 2 heterocycles. The minimum atomic E-state index is 0.553. The zero-order valence-electron chi connectivity index (χ0n) is 11.8. The molecule has 1 saturated heterocycles. The summed E-state index contributed by atoms with van der Waals surface area (Å²) in [7, 11) is 2.23. The summed E-state index contributed by atoms with van der Waals surface area (Å²) >= 11 is 2.10. The standard InChI is InChI=1S/C16H24N2S/c1-18-9-6-14(7-10-18)17-16-12-19-11-8-13-4-2-3-5-15(13)16/h2-5,14,16-17H,6-12H2,1H3. The minimum Gasteiger partial charge on any atom is -0.306 e. The van der Waals surface area contributed by atoms with Crippen LogP contribution in [0.25, 0.3) is 0 Å². The molecule has 1 aromatic carbocycles. The van der Waals surface area contributed by atoms with Gasteiger partial charge in [-0.1, -0.05) is 24.3 Å². The van der Waals surface area contributed by atoms with E-state index >= 15 is 0 Å². The van der Waals surface area contributed by atoms with Crippen molar-refractivity contribution in [2.45, 2.75) is 31.3 Å². The largest absolute Gasteiger partial charge is 0.306 e. The molecule has 0 amide bonds. The Morgan fingerprint density at radius 3 is 2.84 bits per heavy atom. The molecule has 1 N–H and O–H groups in total. The van der Waals surface area contributed by atoms with E-state index in [0.29, 0.717) is 12.1 Å². The Morgan fingerprint density at radius 1 is 1.21 bits per heavy atom. The number of hydrogen-bond donors (Lipinski definition) is 1. The molecule has 104 valence electrons. The highest BCUT2D eigenvalue weighted by Crippen LogP contribution is 2.28. The van der Waals surface area contributed by atoms with Crippen molar-refractivity contribution in [2.75, 3.05) is 31.6 Å². The van der Waals surface area contributed by atoms with E-state index in [9.17, 15) is 0 Å². The Morgan fingerprint density at radius 2 is 2.00 bits per heavy atom. The lowest BCUT2D eigenvalue weighted by atomic mass is 9.97. The summed E-state index contributed by atoms with van der Waals surface area (Å²) in [5.74, 6) is 2.49. The first-order valence-corrected chi connectivity index (χ1v) is 8.58. The molecule has 1 fully saturated rings. The Labute approximate surface area is 121 Å². The normalized spacial score (nSPS) is 25.8. The molecule has 0 aromatic heterocycles. The number of aryl methyl sites for hydroxylation is 1. The molecule has 0 bridgehead atoms. The van der Waals surface area contributed by atoms with Crippen molar-refractivity contribution in [3.8, 4) is 0 Å². The van der Waals surface area contributed by atoms with E-state index in [-0.39, 0.29) is 0 Å². The van der Waals surface area contributed by atoms with Gasteiger partial charge in [0.25, 0.3) is 0 Å². The van der Waals surface area contributed by atoms with Gasteiger partial charge in [-0.25, -0.2) is 0 Å². The maximum absolute atomic E-state index is 3.93. The van der Waals surface area contributed by atoms with Gasteiger partial charge in [-0.05, 0) is 56.3 Å². The van der Waals surface area contributed by atoms with Gasteiger partial charge in [0, 0.05) is 17.8 Å². The molecule has 2 aliphatic heterocycles. The fourth-order valence-electron chi connectivity index (χ4n) is 3.17. The topological polar surface area (TPSA) is 15.3 Å². The van der Waals surface area contributed by atoms with Crippen LogP contribution in [0.5, 0.6) is 0 Å². The molecule has 1 atom stereocenters. The van der Waals surface area contributed by atoms with Crippen LogP contribution in [0.4, 0.5) is 0 Å². The zero-order chi connectivity index (χ0) is 13.1. The van der Waals surface area contributed by atoms with E-state index < -0.39 is 0 Å². The van der Waals surface area contributed by atoms with Gasteiger partial charge in [-0.2, -0.15) is 11.8 Å². The molecule has 0 radical (unpaired) electrons. The van der Waals surface area contributed by atoms with Crippen molar-refractivity contribution in [1.82, 2.24) is 10.2 Å². The van der Waals surface area contributed by atoms with Crippen LogP contribution in [-0.2, 0) is 6.42 Å². The molecule has 2 aliphatic rings. The molecule has 0 spiro atoms. The molecular weight excluding hydrogens is 252 g/mol. The average Bonchev–Trinajstić information content (AvgIpc) is 2.64. The van der Waals surface area contributed by atoms with Gasteiger partial charge < -0.3 is 10.2 Å². The number of fused-ring (bicyclic) bond motifs is 1. The molecule has 1 unspecified atom stereocenters. The lowest BCUT2D eigenvalue weighted by Crippen LogP contribution is -2.42. The fourth-order valence-corrected chi connectivity index (χ4v) is 4.21. The first kappa shape index (κ1) is 13.5. The summed E-state index contributed by atoms with van der Waals surface area (Å²) in [5, 5.41) is 3.93. The molecule has 0 aliphatic carbocycles. The first-order chi connectivity index (χ1) is 9.33. The number of rotatable bonds is 2. The molecular formula is C16H24N2S. The van der Waals surface area contributed by atoms with E-state index in [1.54, 1.807) is 11.1 Å². The summed E-state index contributed by atoms with van der Waals surface area (Å²) < 4.78 is 0. The second-order valence-corrected chi connectivity index (χ2v) is 6.97. The van der Waals surface area contributed by atoms with Gasteiger partial charge in [0.1, 0.15) is 0 Å². The van der Waals surface area contributed by atoms with E-state index in [0.717, 1.165) is 0 Å². The van der Waals surface area contributed by atoms with Crippen LogP contribution < -0.4 is 5.32 Å². The number of likely N-dealkylation sites (tertiary alicyclic amines) is 1. The van der Waals surface area contributed by atoms with Crippen molar-refractivity contribution in [1.29, 1.82) is 0 Å². The van der Waals surface area contributed by atoms with Crippen molar-refractivity contribution >= 4 is 11.8 Å². The van der Waals surface area contributed by atoms with Crippen LogP contribution in [0.3, 0.4) is 0 Å². The summed E-state index contributed by atoms with van der Waals surface area (Å²) in [6.07, 6.45) is 3.81. The summed E-state index contributed by atoms with van der Waals surface area (Å²) in [6, 6.07) is 10.3. The van der Waals surface area contributed by atoms with Gasteiger partial charge >= 0.3 is 0 Å². The third-order valence-corrected chi connectivity index (χ3v) is 5.45. The van der Waals surface area contributed by atoms with E-state index in [1.807, 2.05) is 0 Å². The number of hydrogen-bond acceptors (Lipinski definition) is 3. The highest BCUT2D eigenvalue weighted by atomic mass is 32.2. The predicted molar refractivity (Wildman–Crippen MR) is 83.9 cm³/mol. The molecule has 1 aromatic rings. The van der Waals surface area contributed by atoms with E-state index in [2.05, 4.69) is 53.3 Å². The van der Waals surface area contributed by atoms with Crippen molar-refractivity contribution in [3.05, 3.63) is 35.4 Å². The number of benzene rings is 1. The maximum Gasteiger partial charge on any atom is 0.0416 e. The number of piperidine rings is 1. The van der Waals surface area contributed by atoms with Gasteiger partial charge in [0.05, 0.1) is 0 Å². The SMILES string of the molecule is CN1CCC(NC2CSCCc3ccccc32)CC1.